The summed E-state index contributed by atoms with van der Waals surface area (Å²) in [5.74, 6) is -1.66. The molecule has 0 heterocycles. The van der Waals surface area contributed by atoms with Crippen molar-refractivity contribution in [1.82, 2.24) is 10.2 Å². The third kappa shape index (κ3) is 7.25. The molecule has 0 saturated heterocycles. The number of nitrogens with one attached hydrogen (secondary N) is 1. The van der Waals surface area contributed by atoms with Crippen LogP contribution in [0.2, 0.25) is 0 Å². The third-order valence-electron chi connectivity index (χ3n) is 6.97. The number of benzene rings is 3. The number of hydrogen-bond acceptors (Lipinski definition) is 4. The zero-order valence-corrected chi connectivity index (χ0v) is 22.7. The number of rotatable bonds is 10. The first kappa shape index (κ1) is 27.9. The summed E-state index contributed by atoms with van der Waals surface area (Å²) in [5.41, 5.74) is 5.18. The molecule has 1 unspecified atom stereocenters. The molecule has 7 heteroatoms. The molecule has 0 bridgehead atoms. The highest BCUT2D eigenvalue weighted by Crippen LogP contribution is 2.44. The van der Waals surface area contributed by atoms with Crippen LogP contribution in [0, 0.1) is 5.41 Å². The highest BCUT2D eigenvalue weighted by Gasteiger charge is 2.32. The van der Waals surface area contributed by atoms with Gasteiger partial charge >= 0.3 is 12.1 Å². The highest BCUT2D eigenvalue weighted by atomic mass is 16.5. The maximum absolute atomic E-state index is 13.6. The molecule has 3 aromatic carbocycles. The third-order valence-corrected chi connectivity index (χ3v) is 6.97. The maximum atomic E-state index is 13.6. The molecule has 204 valence electrons. The van der Waals surface area contributed by atoms with Gasteiger partial charge in [-0.3, -0.25) is 9.59 Å². The van der Waals surface area contributed by atoms with Crippen LogP contribution >= 0.6 is 0 Å². The van der Waals surface area contributed by atoms with E-state index in [0.29, 0.717) is 12.8 Å². The molecule has 3 aromatic rings. The second-order valence-corrected chi connectivity index (χ2v) is 11.2. The Hall–Kier alpha value is -4.13. The Morgan fingerprint density at radius 3 is 2.03 bits per heavy atom. The van der Waals surface area contributed by atoms with Crippen molar-refractivity contribution in [3.05, 3.63) is 95.6 Å². The first-order chi connectivity index (χ1) is 18.6. The van der Waals surface area contributed by atoms with Crippen molar-refractivity contribution in [2.24, 2.45) is 5.41 Å². The van der Waals surface area contributed by atoms with Crippen LogP contribution in [0.25, 0.3) is 11.1 Å². The molecule has 0 radical (unpaired) electrons. The lowest BCUT2D eigenvalue weighted by atomic mass is 9.88. The number of carboxylic acid groups (broad SMARTS) is 1. The van der Waals surface area contributed by atoms with E-state index in [1.54, 1.807) is 0 Å². The van der Waals surface area contributed by atoms with E-state index in [1.165, 1.54) is 4.90 Å². The molecule has 0 spiro atoms. The van der Waals surface area contributed by atoms with Gasteiger partial charge in [-0.2, -0.15) is 0 Å². The zero-order chi connectivity index (χ0) is 28.0. The lowest BCUT2D eigenvalue weighted by Crippen LogP contribution is -2.50. The minimum Gasteiger partial charge on any atom is -0.480 e. The second-order valence-electron chi connectivity index (χ2n) is 11.2. The van der Waals surface area contributed by atoms with Crippen molar-refractivity contribution >= 4 is 18.0 Å². The molecule has 2 amide bonds. The number of ether oxygens (including phenoxy) is 1. The number of fused-ring (bicyclic) bond motifs is 3. The summed E-state index contributed by atoms with van der Waals surface area (Å²) < 4.78 is 5.69. The monoisotopic (exact) mass is 528 g/mol. The molecule has 2 N–H and O–H groups in total. The molecule has 0 aliphatic heterocycles. The van der Waals surface area contributed by atoms with Crippen molar-refractivity contribution in [2.45, 2.75) is 52.1 Å². The molecular weight excluding hydrogens is 492 g/mol. The largest absolute Gasteiger partial charge is 0.480 e. The summed E-state index contributed by atoms with van der Waals surface area (Å²) in [7, 11) is 0. The van der Waals surface area contributed by atoms with Gasteiger partial charge in [0.15, 0.2) is 0 Å². The summed E-state index contributed by atoms with van der Waals surface area (Å²) in [6.45, 7) is 5.96. The van der Waals surface area contributed by atoms with Crippen LogP contribution in [-0.2, 0) is 20.9 Å². The van der Waals surface area contributed by atoms with Crippen LogP contribution < -0.4 is 5.32 Å². The molecule has 1 aliphatic carbocycles. The fourth-order valence-electron chi connectivity index (χ4n) is 5.02. The van der Waals surface area contributed by atoms with E-state index in [4.69, 9.17) is 4.74 Å². The number of carbonyl (C=O) groups is 3. The normalized spacial score (nSPS) is 13.2. The van der Waals surface area contributed by atoms with Crippen LogP contribution in [-0.4, -0.2) is 47.2 Å². The fourth-order valence-corrected chi connectivity index (χ4v) is 5.02. The number of carbonyl (C=O) groups excluding carboxylic acids is 2. The minimum atomic E-state index is -1.12. The predicted molar refractivity (Wildman–Crippen MR) is 150 cm³/mol. The van der Waals surface area contributed by atoms with Gasteiger partial charge in [0, 0.05) is 12.5 Å². The topological polar surface area (TPSA) is 95.9 Å². The molecule has 1 atom stereocenters. The van der Waals surface area contributed by atoms with E-state index in [2.05, 4.69) is 38.2 Å². The van der Waals surface area contributed by atoms with Gasteiger partial charge in [0.25, 0.3) is 0 Å². The average molecular weight is 529 g/mol. The van der Waals surface area contributed by atoms with E-state index >= 15 is 0 Å². The Morgan fingerprint density at radius 2 is 1.46 bits per heavy atom. The Balaban J connectivity index is 1.48. The molecule has 7 nitrogen and oxygen atoms in total. The molecule has 1 aliphatic rings. The summed E-state index contributed by atoms with van der Waals surface area (Å²) in [4.78, 5) is 39.5. The van der Waals surface area contributed by atoms with Crippen LogP contribution in [0.3, 0.4) is 0 Å². The Labute approximate surface area is 229 Å². The zero-order valence-electron chi connectivity index (χ0n) is 22.7. The standard InChI is InChI=1S/C32H36N2O5/c1-32(2,3)18-17-28(30(37)34(20-29(35)36)19-22-11-5-4-6-12-22)33-31(38)39-21-27-25-15-9-7-13-23(25)24-14-8-10-16-26(24)27/h4-16,27-28H,17-21H2,1-3H3,(H,33,38)(H,35,36). The average Bonchev–Trinajstić information content (AvgIpc) is 3.22. The summed E-state index contributed by atoms with van der Waals surface area (Å²) in [6, 6.07) is 24.5. The SMILES string of the molecule is CC(C)(C)CCC(NC(=O)OCC1c2ccccc2-c2ccccc21)C(=O)N(CC(=O)O)Cc1ccccc1. The predicted octanol–water partition coefficient (Wildman–Crippen LogP) is 5.83. The lowest BCUT2D eigenvalue weighted by Gasteiger charge is -2.29. The van der Waals surface area contributed by atoms with Crippen LogP contribution in [0.4, 0.5) is 4.79 Å². The van der Waals surface area contributed by atoms with Crippen LogP contribution in [0.1, 0.15) is 56.2 Å². The van der Waals surface area contributed by atoms with Crippen molar-refractivity contribution in [3.8, 4) is 11.1 Å². The van der Waals surface area contributed by atoms with E-state index in [1.807, 2.05) is 66.7 Å². The molecule has 0 aromatic heterocycles. The number of aliphatic carboxylic acids is 1. The summed E-state index contributed by atoms with van der Waals surface area (Å²) in [6.07, 6.45) is 0.315. The number of hydrogen-bond donors (Lipinski definition) is 2. The molecular formula is C32H36N2O5. The van der Waals surface area contributed by atoms with E-state index in [0.717, 1.165) is 27.8 Å². The van der Waals surface area contributed by atoms with Crippen LogP contribution in [0.15, 0.2) is 78.9 Å². The van der Waals surface area contributed by atoms with Gasteiger partial charge in [0.05, 0.1) is 0 Å². The second kappa shape index (κ2) is 12.2. The lowest BCUT2D eigenvalue weighted by molar-refractivity contribution is -0.145. The smallest absolute Gasteiger partial charge is 0.407 e. The summed E-state index contributed by atoms with van der Waals surface area (Å²) >= 11 is 0. The summed E-state index contributed by atoms with van der Waals surface area (Å²) in [5, 5.41) is 12.2. The van der Waals surface area contributed by atoms with Gasteiger partial charge in [-0.25, -0.2) is 4.79 Å². The van der Waals surface area contributed by atoms with Gasteiger partial charge in [0.2, 0.25) is 5.91 Å². The van der Waals surface area contributed by atoms with E-state index in [9.17, 15) is 19.5 Å². The van der Waals surface area contributed by atoms with Gasteiger partial charge in [0.1, 0.15) is 19.2 Å². The van der Waals surface area contributed by atoms with Gasteiger partial charge < -0.3 is 20.1 Å². The molecule has 0 saturated carbocycles. The Kier molecular flexibility index (Phi) is 8.69. The number of amides is 2. The maximum Gasteiger partial charge on any atom is 0.407 e. The Morgan fingerprint density at radius 1 is 0.897 bits per heavy atom. The van der Waals surface area contributed by atoms with Gasteiger partial charge in [-0.1, -0.05) is 99.6 Å². The van der Waals surface area contributed by atoms with Crippen LogP contribution in [0.5, 0.6) is 0 Å². The quantitative estimate of drug-likeness (QED) is 0.345. The Bertz CT molecular complexity index is 1270. The van der Waals surface area contributed by atoms with Gasteiger partial charge in [-0.15, -0.1) is 0 Å². The molecule has 0 fully saturated rings. The van der Waals surface area contributed by atoms with Crippen molar-refractivity contribution < 1.29 is 24.2 Å². The first-order valence-electron chi connectivity index (χ1n) is 13.3. The molecule has 39 heavy (non-hydrogen) atoms. The first-order valence-corrected chi connectivity index (χ1v) is 13.3. The minimum absolute atomic E-state index is 0.0849. The number of alkyl carbamates (subject to hydrolysis) is 1. The number of carboxylic acids is 1. The van der Waals surface area contributed by atoms with Gasteiger partial charge in [-0.05, 0) is 46.1 Å². The van der Waals surface area contributed by atoms with Crippen molar-refractivity contribution in [1.29, 1.82) is 0 Å². The number of nitrogens with zero attached hydrogens (tertiary/aromatic N) is 1. The van der Waals surface area contributed by atoms with Crippen molar-refractivity contribution in [3.63, 3.8) is 0 Å². The molecule has 4 rings (SSSR count). The van der Waals surface area contributed by atoms with Crippen molar-refractivity contribution in [2.75, 3.05) is 13.2 Å². The van der Waals surface area contributed by atoms with E-state index in [-0.39, 0.29) is 24.5 Å². The fraction of sp³-hybridized carbons (Fsp3) is 0.344. The highest BCUT2D eigenvalue weighted by molar-refractivity contribution is 5.88. The van der Waals surface area contributed by atoms with E-state index < -0.39 is 30.6 Å².